The van der Waals surface area contributed by atoms with Crippen LogP contribution < -0.4 is 4.72 Å². The first-order valence-electron chi connectivity index (χ1n) is 5.42. The Morgan fingerprint density at radius 1 is 1.58 bits per heavy atom. The molecule has 8 heteroatoms. The Morgan fingerprint density at radius 3 is 2.68 bits per heavy atom. The standard InChI is InChI=1S/C9H15NO2S2.C2H3NO2/c1-13-10-4-5-14-7-9-3-2-8(6-11)12-9;1-2-3(4)5/h2-3,10-11H,4-7H2,1H3;2H,1H2. The lowest BCUT2D eigenvalue weighted by Crippen LogP contribution is -2.06. The lowest BCUT2D eigenvalue weighted by Gasteiger charge is -1.99. The predicted molar refractivity (Wildman–Crippen MR) is 79.5 cm³/mol. The summed E-state index contributed by atoms with van der Waals surface area (Å²) in [5.41, 5.74) is 0. The Hall–Kier alpha value is -0.960. The van der Waals surface area contributed by atoms with Gasteiger partial charge < -0.3 is 9.52 Å². The van der Waals surface area contributed by atoms with Gasteiger partial charge in [-0.2, -0.15) is 11.8 Å². The number of nitrogens with one attached hydrogen (secondary N) is 1. The summed E-state index contributed by atoms with van der Waals surface area (Å²) in [4.78, 5) is 8.44. The van der Waals surface area contributed by atoms with Gasteiger partial charge in [0.05, 0.1) is 10.7 Å². The smallest absolute Gasteiger partial charge is 0.227 e. The Bertz CT molecular complexity index is 371. The molecule has 0 amide bonds. The van der Waals surface area contributed by atoms with E-state index in [-0.39, 0.29) is 6.61 Å². The third kappa shape index (κ3) is 10.6. The molecule has 0 spiro atoms. The summed E-state index contributed by atoms with van der Waals surface area (Å²) in [5, 5.41) is 17.8. The molecule has 1 aromatic rings. The molecule has 0 aliphatic rings. The third-order valence-corrected chi connectivity index (χ3v) is 3.23. The molecule has 1 rings (SSSR count). The molecular weight excluding hydrogens is 288 g/mol. The zero-order chi connectivity index (χ0) is 14.5. The second kappa shape index (κ2) is 12.1. The second-order valence-corrected chi connectivity index (χ2v) is 4.95. The minimum atomic E-state index is -0.611. The van der Waals surface area contributed by atoms with E-state index in [9.17, 15) is 0 Å². The van der Waals surface area contributed by atoms with Crippen molar-refractivity contribution in [3.05, 3.63) is 46.5 Å². The van der Waals surface area contributed by atoms with Crippen molar-refractivity contribution in [1.29, 1.82) is 0 Å². The Balaban J connectivity index is 0.000000555. The van der Waals surface area contributed by atoms with E-state index in [1.54, 1.807) is 11.9 Å². The van der Waals surface area contributed by atoms with Crippen molar-refractivity contribution < 1.29 is 14.4 Å². The van der Waals surface area contributed by atoms with Gasteiger partial charge in [0.1, 0.15) is 18.1 Å². The van der Waals surface area contributed by atoms with Gasteiger partial charge in [-0.25, -0.2) is 0 Å². The van der Waals surface area contributed by atoms with E-state index < -0.39 is 4.92 Å². The molecule has 0 aromatic carbocycles. The van der Waals surface area contributed by atoms with Gasteiger partial charge in [0.2, 0.25) is 6.20 Å². The number of nitro groups is 1. The molecule has 0 saturated carbocycles. The minimum absolute atomic E-state index is 0.0152. The first kappa shape index (κ1) is 18.0. The number of nitrogens with zero attached hydrogens (tertiary/aromatic N) is 1. The average molecular weight is 306 g/mol. The van der Waals surface area contributed by atoms with E-state index in [4.69, 9.17) is 19.6 Å². The lowest BCUT2D eigenvalue weighted by molar-refractivity contribution is -0.401. The molecule has 0 atom stereocenters. The molecule has 6 nitrogen and oxygen atoms in total. The number of hydrogen-bond donors (Lipinski definition) is 2. The van der Waals surface area contributed by atoms with Crippen LogP contribution in [0, 0.1) is 10.1 Å². The van der Waals surface area contributed by atoms with Gasteiger partial charge in [-0.3, -0.25) is 14.8 Å². The SMILES string of the molecule is C=C[N+](=O)[O-].CSNCCSCc1ccc(CO)o1. The topological polar surface area (TPSA) is 88.5 Å². The monoisotopic (exact) mass is 306 g/mol. The van der Waals surface area contributed by atoms with Crippen LogP contribution in [0.4, 0.5) is 0 Å². The molecule has 0 aliphatic heterocycles. The van der Waals surface area contributed by atoms with E-state index in [2.05, 4.69) is 11.3 Å². The van der Waals surface area contributed by atoms with Gasteiger partial charge in [-0.05, 0) is 25.0 Å². The first-order valence-corrected chi connectivity index (χ1v) is 7.80. The van der Waals surface area contributed by atoms with Crippen LogP contribution in [-0.2, 0) is 12.4 Å². The number of furan rings is 1. The fourth-order valence-corrected chi connectivity index (χ4v) is 2.16. The van der Waals surface area contributed by atoms with E-state index in [0.29, 0.717) is 12.0 Å². The summed E-state index contributed by atoms with van der Waals surface area (Å²) in [6.45, 7) is 3.85. The maximum Gasteiger partial charge on any atom is 0.227 e. The van der Waals surface area contributed by atoms with E-state index in [1.165, 1.54) is 0 Å². The van der Waals surface area contributed by atoms with Crippen LogP contribution in [0.1, 0.15) is 11.5 Å². The van der Waals surface area contributed by atoms with E-state index in [0.717, 1.165) is 23.8 Å². The van der Waals surface area contributed by atoms with Crippen molar-refractivity contribution in [3.63, 3.8) is 0 Å². The molecule has 1 aromatic heterocycles. The van der Waals surface area contributed by atoms with Crippen molar-refractivity contribution in [2.75, 3.05) is 18.6 Å². The Kier molecular flexibility index (Phi) is 11.5. The van der Waals surface area contributed by atoms with Gasteiger partial charge in [0, 0.05) is 12.3 Å². The molecule has 0 aliphatic carbocycles. The fourth-order valence-electron chi connectivity index (χ4n) is 0.974. The van der Waals surface area contributed by atoms with Crippen LogP contribution >= 0.6 is 23.7 Å². The summed E-state index contributed by atoms with van der Waals surface area (Å²) in [6.07, 6.45) is 2.66. The van der Waals surface area contributed by atoms with Crippen LogP contribution in [0.15, 0.2) is 29.3 Å². The van der Waals surface area contributed by atoms with Gasteiger partial charge in [0.15, 0.2) is 0 Å². The quantitative estimate of drug-likeness (QED) is 0.329. The number of rotatable bonds is 8. The number of aliphatic hydroxyl groups is 1. The molecule has 19 heavy (non-hydrogen) atoms. The van der Waals surface area contributed by atoms with Crippen LogP contribution in [0.5, 0.6) is 0 Å². The van der Waals surface area contributed by atoms with Gasteiger partial charge in [0.25, 0.3) is 0 Å². The zero-order valence-corrected chi connectivity index (χ0v) is 12.3. The summed E-state index contributed by atoms with van der Waals surface area (Å²) in [5.74, 6) is 3.51. The van der Waals surface area contributed by atoms with Crippen molar-refractivity contribution in [3.8, 4) is 0 Å². The maximum absolute atomic E-state index is 9.06. The van der Waals surface area contributed by atoms with Gasteiger partial charge in [-0.1, -0.05) is 11.9 Å². The van der Waals surface area contributed by atoms with Gasteiger partial charge in [-0.15, -0.1) is 0 Å². The molecule has 0 fully saturated rings. The number of hydrogen-bond acceptors (Lipinski definition) is 7. The van der Waals surface area contributed by atoms with E-state index in [1.807, 2.05) is 30.2 Å². The highest BCUT2D eigenvalue weighted by Gasteiger charge is 2.00. The highest BCUT2D eigenvalue weighted by molar-refractivity contribution is 7.98. The Labute approximate surface area is 120 Å². The second-order valence-electron chi connectivity index (χ2n) is 3.15. The number of aliphatic hydroxyl groups excluding tert-OH is 1. The van der Waals surface area contributed by atoms with Crippen LogP contribution in [0.2, 0.25) is 0 Å². The highest BCUT2D eigenvalue weighted by atomic mass is 32.2. The summed E-state index contributed by atoms with van der Waals surface area (Å²) in [6, 6.07) is 3.73. The lowest BCUT2D eigenvalue weighted by atomic mass is 10.4. The maximum atomic E-state index is 9.06. The summed E-state index contributed by atoms with van der Waals surface area (Å²) in [7, 11) is 0. The van der Waals surface area contributed by atoms with Crippen LogP contribution in [0.3, 0.4) is 0 Å². The normalized spacial score (nSPS) is 9.58. The molecule has 0 radical (unpaired) electrons. The summed E-state index contributed by atoms with van der Waals surface area (Å²) < 4.78 is 8.52. The molecule has 108 valence electrons. The van der Waals surface area contributed by atoms with Crippen LogP contribution in [-0.4, -0.2) is 28.6 Å². The van der Waals surface area contributed by atoms with Crippen molar-refractivity contribution in [2.45, 2.75) is 12.4 Å². The minimum Gasteiger partial charge on any atom is -0.463 e. The molecular formula is C11H18N2O4S2. The van der Waals surface area contributed by atoms with Crippen LogP contribution in [0.25, 0.3) is 0 Å². The van der Waals surface area contributed by atoms with Crippen molar-refractivity contribution in [2.24, 2.45) is 0 Å². The average Bonchev–Trinajstić information content (AvgIpc) is 2.87. The molecule has 0 saturated heterocycles. The predicted octanol–water partition coefficient (Wildman–Crippen LogP) is 2.28. The summed E-state index contributed by atoms with van der Waals surface area (Å²) >= 11 is 3.45. The van der Waals surface area contributed by atoms with E-state index >= 15 is 0 Å². The highest BCUT2D eigenvalue weighted by Crippen LogP contribution is 2.15. The van der Waals surface area contributed by atoms with Crippen molar-refractivity contribution in [1.82, 2.24) is 4.72 Å². The molecule has 0 bridgehead atoms. The molecule has 2 N–H and O–H groups in total. The third-order valence-electron chi connectivity index (χ3n) is 1.76. The zero-order valence-electron chi connectivity index (χ0n) is 10.7. The largest absolute Gasteiger partial charge is 0.463 e. The molecule has 0 unspecified atom stereocenters. The van der Waals surface area contributed by atoms with Crippen molar-refractivity contribution >= 4 is 23.7 Å². The van der Waals surface area contributed by atoms with Gasteiger partial charge >= 0.3 is 0 Å². The number of thioether (sulfide) groups is 1. The molecule has 1 heterocycles. The fraction of sp³-hybridized carbons (Fsp3) is 0.455. The first-order chi connectivity index (χ1) is 9.13. The Morgan fingerprint density at radius 2 is 2.21 bits per heavy atom.